The van der Waals surface area contributed by atoms with Gasteiger partial charge in [-0.05, 0) is 53.1 Å². The monoisotopic (exact) mass is 507 g/mol. The van der Waals surface area contributed by atoms with Crippen molar-refractivity contribution in [3.63, 3.8) is 0 Å². The first-order valence-corrected chi connectivity index (χ1v) is 11.9. The molecule has 0 atom stereocenters. The van der Waals surface area contributed by atoms with E-state index in [2.05, 4.69) is 23.1 Å². The van der Waals surface area contributed by atoms with E-state index in [1.165, 1.54) is 0 Å². The predicted octanol–water partition coefficient (Wildman–Crippen LogP) is 4.59. The molecule has 0 fully saturated rings. The molecule has 3 rings (SSSR count). The third-order valence-corrected chi connectivity index (χ3v) is 5.68. The van der Waals surface area contributed by atoms with Gasteiger partial charge in [0.25, 0.3) is 0 Å². The molecule has 0 bridgehead atoms. The molecule has 0 saturated carbocycles. The lowest BCUT2D eigenvalue weighted by Crippen LogP contribution is -2.58. The fraction of sp³-hybridized carbons (Fsp3) is 0.219. The summed E-state index contributed by atoms with van der Waals surface area (Å²) >= 11 is 0. The zero-order valence-corrected chi connectivity index (χ0v) is 21.0. The number of rotatable bonds is 13. The molecule has 0 heterocycles. The second-order valence-electron chi connectivity index (χ2n) is 8.71. The van der Waals surface area contributed by atoms with Crippen LogP contribution in [-0.4, -0.2) is 36.6 Å². The van der Waals surface area contributed by atoms with Crippen molar-refractivity contribution in [3.8, 4) is 37.0 Å². The molecule has 6 nitrogen and oxygen atoms in total. The molecule has 0 aromatic heterocycles. The SMILES string of the molecule is C#Cc1ccc(COCC(COCc2ccc(C#C)cc2)(COCc2ccc(C#C)cc2)NC(=O)O)cc1. The van der Waals surface area contributed by atoms with E-state index >= 15 is 0 Å². The van der Waals surface area contributed by atoms with Gasteiger partial charge in [-0.2, -0.15) is 0 Å². The van der Waals surface area contributed by atoms with Crippen LogP contribution in [0.15, 0.2) is 72.8 Å². The first-order chi connectivity index (χ1) is 18.4. The number of nitrogens with one attached hydrogen (secondary N) is 1. The molecule has 38 heavy (non-hydrogen) atoms. The predicted molar refractivity (Wildman–Crippen MR) is 146 cm³/mol. The van der Waals surface area contributed by atoms with Crippen LogP contribution < -0.4 is 5.32 Å². The van der Waals surface area contributed by atoms with Gasteiger partial charge in [0.05, 0.1) is 39.6 Å². The van der Waals surface area contributed by atoms with Gasteiger partial charge in [-0.3, -0.25) is 0 Å². The molecule has 2 N–H and O–H groups in total. The topological polar surface area (TPSA) is 77.0 Å². The Morgan fingerprint density at radius 2 is 0.921 bits per heavy atom. The van der Waals surface area contributed by atoms with E-state index in [1.807, 2.05) is 72.8 Å². The summed E-state index contributed by atoms with van der Waals surface area (Å²) in [6.45, 7) is 0.825. The summed E-state index contributed by atoms with van der Waals surface area (Å²) in [6.07, 6.45) is 15.0. The lowest BCUT2D eigenvalue weighted by atomic mass is 10.0. The second kappa shape index (κ2) is 14.3. The molecule has 0 aliphatic carbocycles. The highest BCUT2D eigenvalue weighted by molar-refractivity contribution is 5.65. The summed E-state index contributed by atoms with van der Waals surface area (Å²) in [5.41, 5.74) is 3.84. The van der Waals surface area contributed by atoms with Crippen LogP contribution in [0.3, 0.4) is 0 Å². The summed E-state index contributed by atoms with van der Waals surface area (Å²) in [7, 11) is 0. The molecule has 192 valence electrons. The van der Waals surface area contributed by atoms with Crippen LogP contribution in [0.2, 0.25) is 0 Å². The Balaban J connectivity index is 1.69. The molecule has 3 aromatic rings. The van der Waals surface area contributed by atoms with Gasteiger partial charge in [-0.15, -0.1) is 19.3 Å². The third-order valence-electron chi connectivity index (χ3n) is 5.68. The number of hydrogen-bond donors (Lipinski definition) is 2. The van der Waals surface area contributed by atoms with Crippen molar-refractivity contribution in [2.24, 2.45) is 0 Å². The van der Waals surface area contributed by atoms with Gasteiger partial charge in [-0.1, -0.05) is 54.2 Å². The van der Waals surface area contributed by atoms with Crippen molar-refractivity contribution in [1.29, 1.82) is 0 Å². The maximum absolute atomic E-state index is 11.8. The number of carboxylic acid groups (broad SMARTS) is 1. The molecule has 6 heteroatoms. The average molecular weight is 508 g/mol. The maximum atomic E-state index is 11.8. The highest BCUT2D eigenvalue weighted by Gasteiger charge is 2.34. The summed E-state index contributed by atoms with van der Waals surface area (Å²) in [6, 6.07) is 22.2. The van der Waals surface area contributed by atoms with Crippen molar-refractivity contribution in [1.82, 2.24) is 5.32 Å². The van der Waals surface area contributed by atoms with Crippen LogP contribution >= 0.6 is 0 Å². The number of hydrogen-bond acceptors (Lipinski definition) is 4. The summed E-state index contributed by atoms with van der Waals surface area (Å²) in [5, 5.41) is 12.2. The zero-order valence-electron chi connectivity index (χ0n) is 21.0. The lowest BCUT2D eigenvalue weighted by molar-refractivity contribution is -0.0479. The van der Waals surface area contributed by atoms with Gasteiger partial charge in [0.1, 0.15) is 5.54 Å². The number of amides is 1. The van der Waals surface area contributed by atoms with Gasteiger partial charge in [0.15, 0.2) is 0 Å². The molecular formula is C32H29NO5. The Hall–Kier alpha value is -4.51. The largest absolute Gasteiger partial charge is 0.465 e. The molecule has 0 unspecified atom stereocenters. The van der Waals surface area contributed by atoms with E-state index in [0.717, 1.165) is 33.4 Å². The minimum absolute atomic E-state index is 0.0161. The molecule has 1 amide bonds. The standard InChI is InChI=1S/C32H29NO5/c1-4-25-7-13-28(14-8-25)19-36-22-32(33-31(34)35,23-37-20-29-15-9-26(5-2)10-16-29)24-38-21-30-17-11-27(6-3)12-18-30/h1-3,7-18,33H,19-24H2,(H,34,35). The van der Waals surface area contributed by atoms with Crippen molar-refractivity contribution in [2.45, 2.75) is 25.4 Å². The Kier molecular flexibility index (Phi) is 10.6. The van der Waals surface area contributed by atoms with Gasteiger partial charge in [-0.25, -0.2) is 4.79 Å². The number of carbonyl (C=O) groups is 1. The van der Waals surface area contributed by atoms with Crippen molar-refractivity contribution < 1.29 is 24.1 Å². The van der Waals surface area contributed by atoms with Gasteiger partial charge >= 0.3 is 6.09 Å². The number of ether oxygens (including phenoxy) is 3. The Labute approximate surface area is 223 Å². The maximum Gasteiger partial charge on any atom is 0.405 e. The Morgan fingerprint density at radius 1 is 0.632 bits per heavy atom. The zero-order chi connectivity index (χ0) is 27.2. The van der Waals surface area contributed by atoms with E-state index in [4.69, 9.17) is 33.5 Å². The molecule has 0 saturated heterocycles. The van der Waals surface area contributed by atoms with Crippen LogP contribution in [0.5, 0.6) is 0 Å². The summed E-state index contributed by atoms with van der Waals surface area (Å²) < 4.78 is 17.8. The van der Waals surface area contributed by atoms with Crippen LogP contribution in [-0.2, 0) is 34.0 Å². The lowest BCUT2D eigenvalue weighted by Gasteiger charge is -2.33. The van der Waals surface area contributed by atoms with E-state index in [0.29, 0.717) is 0 Å². The normalized spacial score (nSPS) is 10.7. The van der Waals surface area contributed by atoms with E-state index in [9.17, 15) is 9.90 Å². The molecule has 3 aromatic carbocycles. The molecule has 0 radical (unpaired) electrons. The van der Waals surface area contributed by atoms with Crippen LogP contribution in [0, 0.1) is 37.0 Å². The second-order valence-corrected chi connectivity index (χ2v) is 8.71. The molecule has 0 aliphatic rings. The van der Waals surface area contributed by atoms with Crippen molar-refractivity contribution in [3.05, 3.63) is 106 Å². The molecule has 0 spiro atoms. The molecule has 0 aliphatic heterocycles. The van der Waals surface area contributed by atoms with Gasteiger partial charge in [0.2, 0.25) is 0 Å². The first kappa shape index (κ1) is 28.1. The van der Waals surface area contributed by atoms with Crippen molar-refractivity contribution >= 4 is 6.09 Å². The quantitative estimate of drug-likeness (QED) is 0.331. The number of benzene rings is 3. The summed E-state index contributed by atoms with van der Waals surface area (Å²) in [5.74, 6) is 7.72. The molecular weight excluding hydrogens is 478 g/mol. The highest BCUT2D eigenvalue weighted by Crippen LogP contribution is 2.15. The minimum Gasteiger partial charge on any atom is -0.465 e. The van der Waals surface area contributed by atoms with Crippen molar-refractivity contribution in [2.75, 3.05) is 19.8 Å². The van der Waals surface area contributed by atoms with E-state index in [-0.39, 0.29) is 39.6 Å². The van der Waals surface area contributed by atoms with E-state index in [1.54, 1.807) is 0 Å². The van der Waals surface area contributed by atoms with Crippen LogP contribution in [0.4, 0.5) is 4.79 Å². The van der Waals surface area contributed by atoms with E-state index < -0.39 is 11.6 Å². The van der Waals surface area contributed by atoms with Gasteiger partial charge in [0, 0.05) is 16.7 Å². The fourth-order valence-electron chi connectivity index (χ4n) is 3.64. The third kappa shape index (κ3) is 8.86. The summed E-state index contributed by atoms with van der Waals surface area (Å²) in [4.78, 5) is 11.8. The smallest absolute Gasteiger partial charge is 0.405 e. The van der Waals surface area contributed by atoms with Gasteiger partial charge < -0.3 is 24.6 Å². The fourth-order valence-corrected chi connectivity index (χ4v) is 3.64. The Bertz CT molecular complexity index is 1150. The average Bonchev–Trinajstić information content (AvgIpc) is 2.94. The first-order valence-electron chi connectivity index (χ1n) is 11.9. The van der Waals surface area contributed by atoms with Crippen LogP contribution in [0.1, 0.15) is 33.4 Å². The highest BCUT2D eigenvalue weighted by atomic mass is 16.5. The Morgan fingerprint density at radius 3 is 1.16 bits per heavy atom. The minimum atomic E-state index is -1.21. The van der Waals surface area contributed by atoms with Crippen LogP contribution in [0.25, 0.3) is 0 Å². The number of terminal acetylenes is 3.